The summed E-state index contributed by atoms with van der Waals surface area (Å²) in [6.45, 7) is 1.25. The molecule has 0 aromatic carbocycles. The molecule has 2 rings (SSSR count). The Morgan fingerprint density at radius 3 is 2.67 bits per heavy atom. The molecule has 0 bridgehead atoms. The van der Waals surface area contributed by atoms with Gasteiger partial charge in [0.2, 0.25) is 0 Å². The lowest BCUT2D eigenvalue weighted by atomic mass is 10.2. The van der Waals surface area contributed by atoms with Gasteiger partial charge in [-0.3, -0.25) is 4.79 Å². The number of halogens is 3. The molecule has 1 fully saturated rings. The molecule has 1 aliphatic heterocycles. The molecule has 0 amide bonds. The summed E-state index contributed by atoms with van der Waals surface area (Å²) in [7, 11) is 1.93. The number of likely N-dealkylation sites (tertiary alicyclic amines) is 1. The molecule has 3 nitrogen and oxygen atoms in total. The van der Waals surface area contributed by atoms with E-state index in [1.165, 1.54) is 0 Å². The minimum absolute atomic E-state index is 0.145. The Morgan fingerprint density at radius 1 is 1.39 bits per heavy atom. The van der Waals surface area contributed by atoms with Crippen molar-refractivity contribution in [1.29, 1.82) is 0 Å². The van der Waals surface area contributed by atoms with Crippen molar-refractivity contribution in [2.24, 2.45) is 0 Å². The average Bonchev–Trinajstić information content (AvgIpc) is 2.66. The van der Waals surface area contributed by atoms with E-state index in [4.69, 9.17) is 0 Å². The summed E-state index contributed by atoms with van der Waals surface area (Å²) in [4.78, 5) is 13.6. The fourth-order valence-electron chi connectivity index (χ4n) is 2.28. The second-order valence-electron chi connectivity index (χ2n) is 4.68. The third-order valence-corrected chi connectivity index (χ3v) is 3.39. The second-order valence-corrected chi connectivity index (χ2v) is 4.68. The summed E-state index contributed by atoms with van der Waals surface area (Å²) in [6.07, 6.45) is -1.56. The van der Waals surface area contributed by atoms with E-state index < -0.39 is 11.7 Å². The Kier molecular flexibility index (Phi) is 3.47. The van der Waals surface area contributed by atoms with Gasteiger partial charge in [0.1, 0.15) is 0 Å². The van der Waals surface area contributed by atoms with Crippen LogP contribution in [0.4, 0.5) is 13.2 Å². The maximum atomic E-state index is 12.6. The molecule has 0 radical (unpaired) electrons. The monoisotopic (exact) mass is 260 g/mol. The Balaban J connectivity index is 2.24. The molecular weight excluding hydrogens is 245 g/mol. The van der Waals surface area contributed by atoms with E-state index in [0.717, 1.165) is 42.3 Å². The van der Waals surface area contributed by atoms with Crippen LogP contribution in [-0.2, 0) is 12.7 Å². The normalized spacial score (nSPS) is 21.4. The number of likely N-dealkylation sites (N-methyl/N-ethyl adjacent to an activating group) is 1. The Morgan fingerprint density at radius 2 is 2.11 bits per heavy atom. The molecule has 1 aromatic heterocycles. The number of alkyl halides is 3. The third kappa shape index (κ3) is 2.75. The fourth-order valence-corrected chi connectivity index (χ4v) is 2.28. The molecule has 6 heteroatoms. The van der Waals surface area contributed by atoms with E-state index in [9.17, 15) is 18.0 Å². The SMILES string of the molecule is CN1CCC[C@H]1Cn1cc(C(F)(F)F)ccc1=O. The molecule has 1 atom stereocenters. The summed E-state index contributed by atoms with van der Waals surface area (Å²) in [5, 5.41) is 0. The lowest BCUT2D eigenvalue weighted by Gasteiger charge is -2.20. The first-order chi connectivity index (χ1) is 8.38. The first-order valence-electron chi connectivity index (χ1n) is 5.86. The van der Waals surface area contributed by atoms with Gasteiger partial charge in [0.25, 0.3) is 5.56 Å². The van der Waals surface area contributed by atoms with Crippen molar-refractivity contribution in [2.45, 2.75) is 31.6 Å². The lowest BCUT2D eigenvalue weighted by Crippen LogP contribution is -2.33. The van der Waals surface area contributed by atoms with Crippen LogP contribution in [0.25, 0.3) is 0 Å². The molecule has 1 saturated heterocycles. The number of nitrogens with zero attached hydrogens (tertiary/aromatic N) is 2. The first kappa shape index (κ1) is 13.1. The van der Waals surface area contributed by atoms with Crippen molar-refractivity contribution in [3.63, 3.8) is 0 Å². The summed E-state index contributed by atoms with van der Waals surface area (Å²) in [6, 6.07) is 1.96. The predicted octanol–water partition coefficient (Wildman–Crippen LogP) is 1.96. The molecular formula is C12H15F3N2O. The summed E-state index contributed by atoms with van der Waals surface area (Å²) < 4.78 is 38.9. The minimum atomic E-state index is -4.41. The molecule has 2 heterocycles. The van der Waals surface area contributed by atoms with Gasteiger partial charge in [-0.2, -0.15) is 13.2 Å². The summed E-state index contributed by atoms with van der Waals surface area (Å²) in [5.74, 6) is 0. The minimum Gasteiger partial charge on any atom is -0.313 e. The van der Waals surface area contributed by atoms with Crippen LogP contribution in [0.5, 0.6) is 0 Å². The highest BCUT2D eigenvalue weighted by Gasteiger charge is 2.31. The van der Waals surface area contributed by atoms with E-state index >= 15 is 0 Å². The number of pyridine rings is 1. The molecule has 1 aliphatic rings. The smallest absolute Gasteiger partial charge is 0.313 e. The average molecular weight is 260 g/mol. The Bertz CT molecular complexity index is 481. The van der Waals surface area contributed by atoms with Gasteiger partial charge < -0.3 is 9.47 Å². The van der Waals surface area contributed by atoms with Gasteiger partial charge in [-0.05, 0) is 32.5 Å². The van der Waals surface area contributed by atoms with Crippen molar-refractivity contribution < 1.29 is 13.2 Å². The highest BCUT2D eigenvalue weighted by atomic mass is 19.4. The number of hydrogen-bond acceptors (Lipinski definition) is 2. The Hall–Kier alpha value is -1.30. The number of aromatic nitrogens is 1. The topological polar surface area (TPSA) is 25.2 Å². The van der Waals surface area contributed by atoms with E-state index in [0.29, 0.717) is 6.54 Å². The van der Waals surface area contributed by atoms with Gasteiger partial charge in [-0.25, -0.2) is 0 Å². The van der Waals surface area contributed by atoms with Crippen molar-refractivity contribution in [3.8, 4) is 0 Å². The van der Waals surface area contributed by atoms with Crippen LogP contribution in [0.15, 0.2) is 23.1 Å². The standard InChI is InChI=1S/C12H15F3N2O/c1-16-6-2-3-10(16)8-17-7-9(12(13,14)15)4-5-11(17)18/h4-5,7,10H,2-3,6,8H2,1H3/t10-/m0/s1. The molecule has 0 unspecified atom stereocenters. The van der Waals surface area contributed by atoms with E-state index in [1.54, 1.807) is 0 Å². The molecule has 100 valence electrons. The van der Waals surface area contributed by atoms with Crippen LogP contribution in [0.3, 0.4) is 0 Å². The van der Waals surface area contributed by atoms with Crippen molar-refractivity contribution in [2.75, 3.05) is 13.6 Å². The molecule has 18 heavy (non-hydrogen) atoms. The molecule has 0 saturated carbocycles. The van der Waals surface area contributed by atoms with Crippen LogP contribution in [0.1, 0.15) is 18.4 Å². The molecule has 0 N–H and O–H groups in total. The van der Waals surface area contributed by atoms with Crippen LogP contribution in [0.2, 0.25) is 0 Å². The van der Waals surface area contributed by atoms with Gasteiger partial charge >= 0.3 is 6.18 Å². The zero-order chi connectivity index (χ0) is 13.3. The van der Waals surface area contributed by atoms with E-state index in [1.807, 2.05) is 7.05 Å². The van der Waals surface area contributed by atoms with Crippen LogP contribution in [0, 0.1) is 0 Å². The largest absolute Gasteiger partial charge is 0.417 e. The van der Waals surface area contributed by atoms with Crippen LogP contribution in [-0.4, -0.2) is 29.1 Å². The maximum Gasteiger partial charge on any atom is 0.417 e. The van der Waals surface area contributed by atoms with Gasteiger partial charge in [0.05, 0.1) is 5.56 Å². The second kappa shape index (κ2) is 4.76. The zero-order valence-corrected chi connectivity index (χ0v) is 10.1. The maximum absolute atomic E-state index is 12.6. The highest BCUT2D eigenvalue weighted by molar-refractivity contribution is 5.13. The van der Waals surface area contributed by atoms with Gasteiger partial charge in [0.15, 0.2) is 0 Å². The Labute approximate surface area is 103 Å². The molecule has 0 aliphatic carbocycles. The van der Waals surface area contributed by atoms with Crippen molar-refractivity contribution >= 4 is 0 Å². The fraction of sp³-hybridized carbons (Fsp3) is 0.583. The predicted molar refractivity (Wildman–Crippen MR) is 61.4 cm³/mol. The number of rotatable bonds is 2. The molecule has 1 aromatic rings. The summed E-state index contributed by atoms with van der Waals surface area (Å²) >= 11 is 0. The first-order valence-corrected chi connectivity index (χ1v) is 5.86. The van der Waals surface area contributed by atoms with Gasteiger partial charge in [-0.1, -0.05) is 0 Å². The molecule has 0 spiro atoms. The van der Waals surface area contributed by atoms with Gasteiger partial charge in [0, 0.05) is 24.8 Å². The highest BCUT2D eigenvalue weighted by Crippen LogP contribution is 2.28. The van der Waals surface area contributed by atoms with Crippen molar-refractivity contribution in [1.82, 2.24) is 9.47 Å². The lowest BCUT2D eigenvalue weighted by molar-refractivity contribution is -0.138. The third-order valence-electron chi connectivity index (χ3n) is 3.39. The van der Waals surface area contributed by atoms with Gasteiger partial charge in [-0.15, -0.1) is 0 Å². The number of hydrogen-bond donors (Lipinski definition) is 0. The van der Waals surface area contributed by atoms with E-state index in [-0.39, 0.29) is 11.6 Å². The summed E-state index contributed by atoms with van der Waals surface area (Å²) in [5.41, 5.74) is -1.16. The zero-order valence-electron chi connectivity index (χ0n) is 10.1. The quantitative estimate of drug-likeness (QED) is 0.812. The van der Waals surface area contributed by atoms with Crippen LogP contribution < -0.4 is 5.56 Å². The van der Waals surface area contributed by atoms with E-state index in [2.05, 4.69) is 4.90 Å². The van der Waals surface area contributed by atoms with Crippen LogP contribution >= 0.6 is 0 Å². The van der Waals surface area contributed by atoms with Crippen molar-refractivity contribution in [3.05, 3.63) is 34.2 Å².